The first-order valence-corrected chi connectivity index (χ1v) is 13.4. The Bertz CT molecular complexity index is 1520. The van der Waals surface area contributed by atoms with Gasteiger partial charge in [-0.1, -0.05) is 32.0 Å². The second kappa shape index (κ2) is 11.1. The number of anilines is 1. The predicted octanol–water partition coefficient (Wildman–Crippen LogP) is 6.16. The molecule has 8 heteroatoms. The van der Waals surface area contributed by atoms with Crippen molar-refractivity contribution in [1.29, 1.82) is 0 Å². The van der Waals surface area contributed by atoms with Gasteiger partial charge in [-0.15, -0.1) is 11.3 Å². The number of rotatable bonds is 8. The Morgan fingerprint density at radius 1 is 1.03 bits per heavy atom. The highest BCUT2D eigenvalue weighted by molar-refractivity contribution is 7.07. The molecule has 1 aliphatic rings. The van der Waals surface area contributed by atoms with E-state index in [2.05, 4.69) is 59.4 Å². The van der Waals surface area contributed by atoms with Crippen LogP contribution < -0.4 is 24.3 Å². The SMILES string of the molecule is COc1ccc(CCn2c(-c3ccc4c(c3)NC(=O)CO4)csc2=Nc2ccc(C(C)C)cc2)cc1OC. The molecule has 0 unspecified atom stereocenters. The Kier molecular flexibility index (Phi) is 7.51. The summed E-state index contributed by atoms with van der Waals surface area (Å²) in [7, 11) is 3.28. The van der Waals surface area contributed by atoms with E-state index in [1.54, 1.807) is 25.6 Å². The van der Waals surface area contributed by atoms with Crippen LogP contribution in [0.1, 0.15) is 30.9 Å². The summed E-state index contributed by atoms with van der Waals surface area (Å²) in [6, 6.07) is 20.3. The largest absolute Gasteiger partial charge is 0.493 e. The van der Waals surface area contributed by atoms with Crippen LogP contribution in [0, 0.1) is 0 Å². The maximum atomic E-state index is 11.9. The third kappa shape index (κ3) is 5.45. The van der Waals surface area contributed by atoms with Crippen LogP contribution in [0.5, 0.6) is 17.2 Å². The molecule has 0 saturated heterocycles. The van der Waals surface area contributed by atoms with Gasteiger partial charge in [-0.25, -0.2) is 4.99 Å². The van der Waals surface area contributed by atoms with Gasteiger partial charge in [0.25, 0.3) is 5.91 Å². The van der Waals surface area contributed by atoms with E-state index in [9.17, 15) is 4.79 Å². The van der Waals surface area contributed by atoms with Gasteiger partial charge in [-0.05, 0) is 65.9 Å². The Balaban J connectivity index is 1.53. The summed E-state index contributed by atoms with van der Waals surface area (Å²) in [4.78, 5) is 17.8. The number of aromatic nitrogens is 1. The van der Waals surface area contributed by atoms with Crippen LogP contribution in [0.3, 0.4) is 0 Å². The van der Waals surface area contributed by atoms with Crippen LogP contribution in [-0.2, 0) is 17.8 Å². The van der Waals surface area contributed by atoms with Gasteiger partial charge in [0.1, 0.15) is 5.75 Å². The molecule has 1 N–H and O–H groups in total. The van der Waals surface area contributed by atoms with E-state index < -0.39 is 0 Å². The molecule has 1 aromatic heterocycles. The van der Waals surface area contributed by atoms with E-state index in [1.807, 2.05) is 30.3 Å². The number of fused-ring (bicyclic) bond motifs is 1. The van der Waals surface area contributed by atoms with Crippen LogP contribution in [0.15, 0.2) is 71.0 Å². The standard InChI is InChI=1S/C30H31N3O4S/c1-19(2)21-6-9-23(10-7-21)31-30-33(14-13-20-5-11-27(35-3)28(15-20)36-4)25(18-38-30)22-8-12-26-24(16-22)32-29(34)17-37-26/h5-12,15-16,18-19H,13-14,17H2,1-4H3,(H,32,34). The number of nitrogens with one attached hydrogen (secondary N) is 1. The van der Waals surface area contributed by atoms with Gasteiger partial charge < -0.3 is 24.1 Å². The number of benzene rings is 3. The molecule has 4 aromatic rings. The smallest absolute Gasteiger partial charge is 0.262 e. The molecule has 0 aliphatic carbocycles. The van der Waals surface area contributed by atoms with Gasteiger partial charge in [0, 0.05) is 17.5 Å². The molecule has 2 heterocycles. The maximum Gasteiger partial charge on any atom is 0.262 e. The van der Waals surface area contributed by atoms with Crippen molar-refractivity contribution in [2.75, 3.05) is 26.1 Å². The number of ether oxygens (including phenoxy) is 3. The number of hydrogen-bond donors (Lipinski definition) is 1. The molecule has 1 aliphatic heterocycles. The molecule has 0 bridgehead atoms. The van der Waals surface area contributed by atoms with Crippen molar-refractivity contribution in [3.8, 4) is 28.5 Å². The molecule has 0 spiro atoms. The number of nitrogens with zero attached hydrogens (tertiary/aromatic N) is 2. The van der Waals surface area contributed by atoms with Crippen molar-refractivity contribution < 1.29 is 19.0 Å². The number of carbonyl (C=O) groups excluding carboxylic acids is 1. The lowest BCUT2D eigenvalue weighted by atomic mass is 10.0. The number of methoxy groups -OCH3 is 2. The molecule has 3 aromatic carbocycles. The number of carbonyl (C=O) groups is 1. The third-order valence-corrected chi connectivity index (χ3v) is 7.43. The average molecular weight is 530 g/mol. The first-order chi connectivity index (χ1) is 18.4. The lowest BCUT2D eigenvalue weighted by Crippen LogP contribution is -2.25. The molecule has 196 valence electrons. The number of thiazole rings is 1. The summed E-state index contributed by atoms with van der Waals surface area (Å²) >= 11 is 1.60. The number of hydrogen-bond acceptors (Lipinski definition) is 6. The Morgan fingerprint density at radius 2 is 1.82 bits per heavy atom. The maximum absolute atomic E-state index is 11.9. The topological polar surface area (TPSA) is 74.1 Å². The van der Waals surface area contributed by atoms with Gasteiger partial charge in [-0.3, -0.25) is 4.79 Å². The minimum absolute atomic E-state index is 0.0365. The lowest BCUT2D eigenvalue weighted by molar-refractivity contribution is -0.118. The van der Waals surface area contributed by atoms with Crippen molar-refractivity contribution in [2.24, 2.45) is 4.99 Å². The highest BCUT2D eigenvalue weighted by atomic mass is 32.1. The van der Waals surface area contributed by atoms with Crippen molar-refractivity contribution in [3.63, 3.8) is 0 Å². The molecular formula is C30H31N3O4S. The van der Waals surface area contributed by atoms with Gasteiger partial charge in [0.2, 0.25) is 0 Å². The summed E-state index contributed by atoms with van der Waals surface area (Å²) in [5.41, 5.74) is 6.01. The van der Waals surface area contributed by atoms with Gasteiger partial charge in [0.15, 0.2) is 22.9 Å². The Morgan fingerprint density at radius 3 is 2.55 bits per heavy atom. The predicted molar refractivity (Wildman–Crippen MR) is 151 cm³/mol. The van der Waals surface area contributed by atoms with Crippen LogP contribution in [0.4, 0.5) is 11.4 Å². The number of amides is 1. The summed E-state index contributed by atoms with van der Waals surface area (Å²) in [5.74, 6) is 2.41. The molecular weight excluding hydrogens is 498 g/mol. The van der Waals surface area contributed by atoms with Crippen LogP contribution in [0.25, 0.3) is 11.3 Å². The molecule has 5 rings (SSSR count). The summed E-state index contributed by atoms with van der Waals surface area (Å²) in [5, 5.41) is 5.03. The van der Waals surface area contributed by atoms with E-state index in [0.29, 0.717) is 35.4 Å². The molecule has 0 radical (unpaired) electrons. The van der Waals surface area contributed by atoms with Crippen molar-refractivity contribution in [3.05, 3.63) is 82.0 Å². The van der Waals surface area contributed by atoms with Crippen LogP contribution in [0.2, 0.25) is 0 Å². The minimum Gasteiger partial charge on any atom is -0.493 e. The van der Waals surface area contributed by atoms with Gasteiger partial charge in [-0.2, -0.15) is 0 Å². The second-order valence-corrected chi connectivity index (χ2v) is 10.2. The second-order valence-electron chi connectivity index (χ2n) is 9.40. The third-order valence-electron chi connectivity index (χ3n) is 6.56. The van der Waals surface area contributed by atoms with E-state index in [0.717, 1.165) is 33.7 Å². The highest BCUT2D eigenvalue weighted by Crippen LogP contribution is 2.33. The molecule has 0 fully saturated rings. The zero-order chi connectivity index (χ0) is 26.6. The van der Waals surface area contributed by atoms with Crippen LogP contribution in [-0.4, -0.2) is 31.3 Å². The fourth-order valence-electron chi connectivity index (χ4n) is 4.43. The fraction of sp³-hybridized carbons (Fsp3) is 0.267. The van der Waals surface area contributed by atoms with E-state index in [1.165, 1.54) is 5.56 Å². The number of aryl methyl sites for hydroxylation is 1. The van der Waals surface area contributed by atoms with Crippen molar-refractivity contribution >= 4 is 28.6 Å². The normalized spacial score (nSPS) is 13.2. The summed E-state index contributed by atoms with van der Waals surface area (Å²) in [6.07, 6.45) is 0.772. The summed E-state index contributed by atoms with van der Waals surface area (Å²) in [6.45, 7) is 5.11. The van der Waals surface area contributed by atoms with Gasteiger partial charge >= 0.3 is 0 Å². The highest BCUT2D eigenvalue weighted by Gasteiger charge is 2.18. The molecule has 0 atom stereocenters. The average Bonchev–Trinajstić information content (AvgIpc) is 3.33. The first kappa shape index (κ1) is 25.6. The molecule has 38 heavy (non-hydrogen) atoms. The monoisotopic (exact) mass is 529 g/mol. The van der Waals surface area contributed by atoms with E-state index in [-0.39, 0.29) is 12.5 Å². The Labute approximate surface area is 226 Å². The van der Waals surface area contributed by atoms with E-state index >= 15 is 0 Å². The quantitative estimate of drug-likeness (QED) is 0.297. The van der Waals surface area contributed by atoms with Gasteiger partial charge in [0.05, 0.1) is 31.3 Å². The minimum atomic E-state index is -0.151. The first-order valence-electron chi connectivity index (χ1n) is 12.6. The van der Waals surface area contributed by atoms with Crippen molar-refractivity contribution in [2.45, 2.75) is 32.7 Å². The fourth-order valence-corrected chi connectivity index (χ4v) is 5.38. The van der Waals surface area contributed by atoms with Crippen LogP contribution >= 0.6 is 11.3 Å². The zero-order valence-corrected chi connectivity index (χ0v) is 22.8. The summed E-state index contributed by atoms with van der Waals surface area (Å²) < 4.78 is 18.7. The Hall–Kier alpha value is -4.04. The zero-order valence-electron chi connectivity index (χ0n) is 22.0. The van der Waals surface area contributed by atoms with E-state index in [4.69, 9.17) is 19.2 Å². The molecule has 1 amide bonds. The molecule has 0 saturated carbocycles. The molecule has 7 nitrogen and oxygen atoms in total. The van der Waals surface area contributed by atoms with Crippen molar-refractivity contribution in [1.82, 2.24) is 4.57 Å². The lowest BCUT2D eigenvalue weighted by Gasteiger charge is -2.19.